The van der Waals surface area contributed by atoms with Crippen LogP contribution in [0.5, 0.6) is 0 Å². The fraction of sp³-hybridized carbons (Fsp3) is 0.400. The molecule has 0 bridgehead atoms. The fourth-order valence-electron chi connectivity index (χ4n) is 1.73. The van der Waals surface area contributed by atoms with Crippen LogP contribution in [-0.2, 0) is 4.79 Å². The first kappa shape index (κ1) is 16.7. The largest absolute Gasteiger partial charge is 0.478 e. The predicted octanol–water partition coefficient (Wildman–Crippen LogP) is 3.32. The van der Waals surface area contributed by atoms with Crippen molar-refractivity contribution in [2.75, 3.05) is 11.9 Å². The first-order valence-corrected chi connectivity index (χ1v) is 6.48. The summed E-state index contributed by atoms with van der Waals surface area (Å²) >= 11 is 0. The Hall–Kier alpha value is -2.37. The van der Waals surface area contributed by atoms with Crippen LogP contribution in [0.2, 0.25) is 0 Å². The summed E-state index contributed by atoms with van der Waals surface area (Å²) < 4.78 is 0. The Morgan fingerprint density at radius 3 is 2.38 bits per heavy atom. The minimum Gasteiger partial charge on any atom is -0.478 e. The summed E-state index contributed by atoms with van der Waals surface area (Å²) in [6, 6.07) is 4.71. The molecule has 0 fully saturated rings. The zero-order chi connectivity index (χ0) is 16.4. The molecule has 0 aliphatic rings. The van der Waals surface area contributed by atoms with E-state index in [-0.39, 0.29) is 16.8 Å². The molecule has 6 nitrogen and oxygen atoms in total. The van der Waals surface area contributed by atoms with Gasteiger partial charge >= 0.3 is 5.97 Å². The second-order valence-electron chi connectivity index (χ2n) is 5.87. The molecule has 0 unspecified atom stereocenters. The van der Waals surface area contributed by atoms with Gasteiger partial charge in [-0.2, -0.15) is 0 Å². The average molecular weight is 292 g/mol. The molecule has 0 aromatic heterocycles. The number of hydrogen-bond donors (Lipinski definition) is 1. The van der Waals surface area contributed by atoms with Crippen molar-refractivity contribution in [1.29, 1.82) is 0 Å². The van der Waals surface area contributed by atoms with Crippen molar-refractivity contribution in [3.63, 3.8) is 0 Å². The third kappa shape index (κ3) is 4.05. The third-order valence-corrected chi connectivity index (χ3v) is 3.28. The second-order valence-corrected chi connectivity index (χ2v) is 5.87. The maximum absolute atomic E-state index is 11.3. The fourth-order valence-corrected chi connectivity index (χ4v) is 1.73. The van der Waals surface area contributed by atoms with Crippen LogP contribution in [0.15, 0.2) is 23.8 Å². The first-order chi connectivity index (χ1) is 9.54. The second kappa shape index (κ2) is 5.95. The van der Waals surface area contributed by atoms with Gasteiger partial charge in [0.25, 0.3) is 5.69 Å². The molecule has 0 aliphatic carbocycles. The standard InChI is InChI=1S/C15H20N2O4/c1-10(14(18)19)8-11-6-7-12(13(9-11)17(20)21)16(5)15(2,3)4/h6-9H,1-5H3,(H,18,19). The zero-order valence-electron chi connectivity index (χ0n) is 12.9. The van der Waals surface area contributed by atoms with Gasteiger partial charge in [0.15, 0.2) is 0 Å². The summed E-state index contributed by atoms with van der Waals surface area (Å²) in [5.41, 5.74) is 0.810. The summed E-state index contributed by atoms with van der Waals surface area (Å²) in [6.45, 7) is 7.32. The van der Waals surface area contributed by atoms with E-state index in [1.165, 1.54) is 19.1 Å². The number of nitro groups is 1. The Balaban J connectivity index is 3.36. The number of nitro benzene ring substituents is 1. The highest BCUT2D eigenvalue weighted by Gasteiger charge is 2.25. The van der Waals surface area contributed by atoms with Gasteiger partial charge in [-0.15, -0.1) is 0 Å². The molecule has 0 saturated carbocycles. The van der Waals surface area contributed by atoms with E-state index in [0.717, 1.165) is 0 Å². The molecule has 0 amide bonds. The van der Waals surface area contributed by atoms with Crippen LogP contribution in [0.4, 0.5) is 11.4 Å². The molecule has 0 saturated heterocycles. The number of nitrogens with zero attached hydrogens (tertiary/aromatic N) is 2. The van der Waals surface area contributed by atoms with Gasteiger partial charge in [-0.05, 0) is 45.4 Å². The lowest BCUT2D eigenvalue weighted by Gasteiger charge is -2.33. The Morgan fingerprint density at radius 1 is 1.38 bits per heavy atom. The zero-order valence-corrected chi connectivity index (χ0v) is 12.9. The maximum atomic E-state index is 11.3. The van der Waals surface area contributed by atoms with Gasteiger partial charge in [-0.25, -0.2) is 4.79 Å². The lowest BCUT2D eigenvalue weighted by atomic mass is 10.0. The topological polar surface area (TPSA) is 83.7 Å². The molecule has 1 aromatic carbocycles. The summed E-state index contributed by atoms with van der Waals surface area (Å²) in [5.74, 6) is -1.05. The van der Waals surface area contributed by atoms with E-state index in [1.807, 2.05) is 25.7 Å². The minimum absolute atomic E-state index is 0.0423. The highest BCUT2D eigenvalue weighted by Crippen LogP contribution is 2.32. The van der Waals surface area contributed by atoms with E-state index in [0.29, 0.717) is 11.3 Å². The molecular formula is C15H20N2O4. The summed E-state index contributed by atoms with van der Waals surface area (Å²) in [4.78, 5) is 23.5. The van der Waals surface area contributed by atoms with Gasteiger partial charge in [-0.1, -0.05) is 6.07 Å². The molecule has 0 spiro atoms. The molecule has 1 N–H and O–H groups in total. The molecule has 0 radical (unpaired) electrons. The monoisotopic (exact) mass is 292 g/mol. The molecule has 114 valence electrons. The van der Waals surface area contributed by atoms with Crippen molar-refractivity contribution in [2.45, 2.75) is 33.2 Å². The first-order valence-electron chi connectivity index (χ1n) is 6.48. The van der Waals surface area contributed by atoms with Crippen molar-refractivity contribution in [3.05, 3.63) is 39.4 Å². The lowest BCUT2D eigenvalue weighted by molar-refractivity contribution is -0.384. The van der Waals surface area contributed by atoms with Gasteiger partial charge in [0, 0.05) is 24.2 Å². The van der Waals surface area contributed by atoms with E-state index in [9.17, 15) is 14.9 Å². The van der Waals surface area contributed by atoms with Crippen molar-refractivity contribution < 1.29 is 14.8 Å². The quantitative estimate of drug-likeness (QED) is 0.523. The van der Waals surface area contributed by atoms with Crippen LogP contribution < -0.4 is 4.90 Å². The number of rotatable bonds is 4. The highest BCUT2D eigenvalue weighted by atomic mass is 16.6. The van der Waals surface area contributed by atoms with Gasteiger partial charge < -0.3 is 10.0 Å². The SMILES string of the molecule is CC(=Cc1ccc(N(C)C(C)(C)C)c([N+](=O)[O-])c1)C(=O)O. The van der Waals surface area contributed by atoms with Crippen molar-refractivity contribution in [2.24, 2.45) is 0 Å². The molecule has 21 heavy (non-hydrogen) atoms. The number of aliphatic carboxylic acids is 1. The minimum atomic E-state index is -1.05. The summed E-state index contributed by atoms with van der Waals surface area (Å²) in [5, 5.41) is 20.1. The number of benzene rings is 1. The molecular weight excluding hydrogens is 272 g/mol. The van der Waals surface area contributed by atoms with E-state index >= 15 is 0 Å². The molecule has 1 aromatic rings. The van der Waals surface area contributed by atoms with Gasteiger partial charge in [0.05, 0.1) is 4.92 Å². The molecule has 0 aliphatic heterocycles. The van der Waals surface area contributed by atoms with Crippen molar-refractivity contribution in [1.82, 2.24) is 0 Å². The number of carboxylic acids is 1. The van der Waals surface area contributed by atoms with Crippen LogP contribution in [0.3, 0.4) is 0 Å². The van der Waals surface area contributed by atoms with Crippen LogP contribution >= 0.6 is 0 Å². The molecule has 6 heteroatoms. The van der Waals surface area contributed by atoms with Crippen molar-refractivity contribution in [3.8, 4) is 0 Å². The van der Waals surface area contributed by atoms with E-state index in [2.05, 4.69) is 0 Å². The Morgan fingerprint density at radius 2 is 1.95 bits per heavy atom. The predicted molar refractivity (Wildman–Crippen MR) is 82.5 cm³/mol. The molecule has 1 rings (SSSR count). The Kier molecular flexibility index (Phi) is 4.73. The average Bonchev–Trinajstić information content (AvgIpc) is 2.36. The van der Waals surface area contributed by atoms with Gasteiger partial charge in [0.2, 0.25) is 0 Å². The van der Waals surface area contributed by atoms with Crippen LogP contribution in [-0.4, -0.2) is 28.6 Å². The number of anilines is 1. The number of carbonyl (C=O) groups is 1. The van der Waals surface area contributed by atoms with Crippen LogP contribution in [0.1, 0.15) is 33.3 Å². The third-order valence-electron chi connectivity index (χ3n) is 3.28. The van der Waals surface area contributed by atoms with Crippen molar-refractivity contribution >= 4 is 23.4 Å². The highest BCUT2D eigenvalue weighted by molar-refractivity contribution is 5.91. The van der Waals surface area contributed by atoms with Gasteiger partial charge in [0.1, 0.15) is 5.69 Å². The van der Waals surface area contributed by atoms with Crippen LogP contribution in [0.25, 0.3) is 6.08 Å². The van der Waals surface area contributed by atoms with E-state index in [4.69, 9.17) is 5.11 Å². The maximum Gasteiger partial charge on any atom is 0.331 e. The van der Waals surface area contributed by atoms with E-state index < -0.39 is 10.9 Å². The molecule has 0 heterocycles. The lowest BCUT2D eigenvalue weighted by Crippen LogP contribution is -2.38. The van der Waals surface area contributed by atoms with E-state index in [1.54, 1.807) is 19.2 Å². The van der Waals surface area contributed by atoms with Crippen LogP contribution in [0, 0.1) is 10.1 Å². The Labute approximate surface area is 123 Å². The van der Waals surface area contributed by atoms with Gasteiger partial charge in [-0.3, -0.25) is 10.1 Å². The number of hydrogen-bond acceptors (Lipinski definition) is 4. The number of carboxylic acid groups (broad SMARTS) is 1. The summed E-state index contributed by atoms with van der Waals surface area (Å²) in [7, 11) is 1.79. The molecule has 0 atom stereocenters. The summed E-state index contributed by atoms with van der Waals surface area (Å²) in [6.07, 6.45) is 1.41. The normalized spacial score (nSPS) is 12.1. The Bertz CT molecular complexity index is 600. The smallest absolute Gasteiger partial charge is 0.331 e.